The summed E-state index contributed by atoms with van der Waals surface area (Å²) in [5, 5.41) is 6.25. The Morgan fingerprint density at radius 3 is 2.56 bits per heavy atom. The molecular weight excluding hydrogens is 358 g/mol. The van der Waals surface area contributed by atoms with Crippen molar-refractivity contribution in [2.24, 2.45) is 0 Å². The molecule has 1 aliphatic heterocycles. The van der Waals surface area contributed by atoms with Gasteiger partial charge in [0.1, 0.15) is 5.82 Å². The van der Waals surface area contributed by atoms with Gasteiger partial charge < -0.3 is 9.64 Å². The molecule has 0 N–H and O–H groups in total. The molecule has 0 radical (unpaired) electrons. The zero-order valence-corrected chi connectivity index (χ0v) is 16.6. The van der Waals surface area contributed by atoms with Gasteiger partial charge in [0.05, 0.1) is 23.8 Å². The Hall–Kier alpha value is -2.38. The topological polar surface area (TPSA) is 56.1 Å². The first-order valence-corrected chi connectivity index (χ1v) is 10.3. The Kier molecular flexibility index (Phi) is 5.13. The average molecular weight is 382 g/mol. The van der Waals surface area contributed by atoms with Gasteiger partial charge >= 0.3 is 0 Å². The van der Waals surface area contributed by atoms with Crippen LogP contribution in [0.5, 0.6) is 0 Å². The molecule has 0 bridgehead atoms. The summed E-state index contributed by atoms with van der Waals surface area (Å²) in [4.78, 5) is 11.8. The van der Waals surface area contributed by atoms with E-state index in [9.17, 15) is 0 Å². The second-order valence-electron chi connectivity index (χ2n) is 6.75. The quantitative estimate of drug-likeness (QED) is 0.506. The van der Waals surface area contributed by atoms with Gasteiger partial charge in [-0.3, -0.25) is 0 Å². The highest BCUT2D eigenvalue weighted by molar-refractivity contribution is 7.98. The lowest BCUT2D eigenvalue weighted by Crippen LogP contribution is -2.46. The van der Waals surface area contributed by atoms with Gasteiger partial charge in [0, 0.05) is 19.3 Å². The summed E-state index contributed by atoms with van der Waals surface area (Å²) >= 11 is 1.54. The van der Waals surface area contributed by atoms with Crippen molar-refractivity contribution < 1.29 is 4.74 Å². The van der Waals surface area contributed by atoms with E-state index in [0.717, 1.165) is 40.7 Å². The summed E-state index contributed by atoms with van der Waals surface area (Å²) in [5.74, 6) is 0.936. The van der Waals surface area contributed by atoms with Gasteiger partial charge in [-0.2, -0.15) is 5.10 Å². The van der Waals surface area contributed by atoms with Gasteiger partial charge in [-0.1, -0.05) is 42.1 Å². The Labute approximate surface area is 163 Å². The Morgan fingerprint density at radius 1 is 1.11 bits per heavy atom. The maximum atomic E-state index is 5.88. The molecule has 3 aromatic rings. The van der Waals surface area contributed by atoms with Crippen LogP contribution < -0.4 is 4.90 Å². The lowest BCUT2D eigenvalue weighted by molar-refractivity contribution is -0.00540. The lowest BCUT2D eigenvalue weighted by Gasteiger charge is -2.36. The first kappa shape index (κ1) is 18.0. The van der Waals surface area contributed by atoms with Crippen molar-refractivity contribution in [3.63, 3.8) is 0 Å². The second kappa shape index (κ2) is 7.70. The molecule has 27 heavy (non-hydrogen) atoms. The normalized spacial score (nSPS) is 20.6. The molecule has 2 atom stereocenters. The number of morpholine rings is 1. The Bertz CT molecular complexity index is 946. The third kappa shape index (κ3) is 3.84. The number of rotatable bonds is 4. The van der Waals surface area contributed by atoms with Gasteiger partial charge in [0.25, 0.3) is 0 Å². The number of thioether (sulfide) groups is 1. The summed E-state index contributed by atoms with van der Waals surface area (Å²) in [6, 6.07) is 10.2. The fourth-order valence-electron chi connectivity index (χ4n) is 3.40. The van der Waals surface area contributed by atoms with Crippen LogP contribution in [0.2, 0.25) is 0 Å². The molecular formula is C20H23N5OS. The number of nitrogens with zero attached hydrogens (tertiary/aromatic N) is 5. The third-order valence-electron chi connectivity index (χ3n) is 4.52. The van der Waals surface area contributed by atoms with Gasteiger partial charge in [0.15, 0.2) is 10.8 Å². The number of ether oxygens (including phenoxy) is 1. The zero-order valence-electron chi connectivity index (χ0n) is 15.7. The minimum Gasteiger partial charge on any atom is -0.372 e. The summed E-state index contributed by atoms with van der Waals surface area (Å²) < 4.78 is 7.70. The maximum Gasteiger partial charge on any atom is 0.191 e. The van der Waals surface area contributed by atoms with E-state index in [1.54, 1.807) is 11.8 Å². The molecule has 1 fully saturated rings. The molecule has 0 spiro atoms. The molecule has 7 heteroatoms. The fourth-order valence-corrected chi connectivity index (χ4v) is 3.76. The monoisotopic (exact) mass is 381 g/mol. The number of hydrogen-bond donors (Lipinski definition) is 0. The maximum absolute atomic E-state index is 5.88. The first-order valence-electron chi connectivity index (χ1n) is 9.07. The summed E-state index contributed by atoms with van der Waals surface area (Å²) in [5.41, 5.74) is 1.94. The van der Waals surface area contributed by atoms with Crippen molar-refractivity contribution in [1.82, 2.24) is 19.7 Å². The largest absolute Gasteiger partial charge is 0.372 e. The van der Waals surface area contributed by atoms with E-state index in [0.29, 0.717) is 0 Å². The molecule has 3 heterocycles. The number of benzene rings is 1. The van der Waals surface area contributed by atoms with E-state index in [1.807, 2.05) is 47.6 Å². The smallest absolute Gasteiger partial charge is 0.191 e. The van der Waals surface area contributed by atoms with E-state index >= 15 is 0 Å². The highest BCUT2D eigenvalue weighted by Crippen LogP contribution is 2.29. The summed E-state index contributed by atoms with van der Waals surface area (Å²) in [6.07, 6.45) is 8.17. The van der Waals surface area contributed by atoms with Crippen molar-refractivity contribution in [1.29, 1.82) is 0 Å². The van der Waals surface area contributed by atoms with Crippen molar-refractivity contribution in [2.75, 3.05) is 24.2 Å². The number of anilines is 1. The van der Waals surface area contributed by atoms with E-state index in [2.05, 4.69) is 36.0 Å². The highest BCUT2D eigenvalue weighted by Gasteiger charge is 2.26. The number of aromatic nitrogens is 4. The van der Waals surface area contributed by atoms with Crippen LogP contribution in [-0.4, -0.2) is 51.3 Å². The van der Waals surface area contributed by atoms with Gasteiger partial charge in [-0.25, -0.2) is 14.6 Å². The number of hydrogen-bond acceptors (Lipinski definition) is 6. The van der Waals surface area contributed by atoms with Crippen LogP contribution in [0.3, 0.4) is 0 Å². The predicted octanol–water partition coefficient (Wildman–Crippen LogP) is 3.79. The molecule has 0 aliphatic carbocycles. The van der Waals surface area contributed by atoms with Crippen LogP contribution in [0.1, 0.15) is 19.4 Å². The molecule has 1 aliphatic rings. The second-order valence-corrected chi connectivity index (χ2v) is 7.52. The lowest BCUT2D eigenvalue weighted by atomic mass is 10.2. The van der Waals surface area contributed by atoms with Crippen LogP contribution in [-0.2, 0) is 4.74 Å². The van der Waals surface area contributed by atoms with Crippen LogP contribution in [0.25, 0.3) is 23.3 Å². The molecule has 2 aromatic heterocycles. The van der Waals surface area contributed by atoms with Crippen molar-refractivity contribution in [3.8, 4) is 0 Å². The van der Waals surface area contributed by atoms with Crippen LogP contribution in [0.15, 0.2) is 41.7 Å². The minimum atomic E-state index is 0.171. The molecule has 6 nitrogen and oxygen atoms in total. The Morgan fingerprint density at radius 2 is 1.85 bits per heavy atom. The van der Waals surface area contributed by atoms with Gasteiger partial charge in [-0.15, -0.1) is 0 Å². The molecule has 2 unspecified atom stereocenters. The average Bonchev–Trinajstić information content (AvgIpc) is 3.08. The molecule has 4 rings (SSSR count). The summed E-state index contributed by atoms with van der Waals surface area (Å²) in [6.45, 7) is 5.83. The molecule has 1 aromatic carbocycles. The first-order chi connectivity index (χ1) is 13.1. The van der Waals surface area contributed by atoms with Crippen LogP contribution in [0, 0.1) is 0 Å². The van der Waals surface area contributed by atoms with Crippen molar-refractivity contribution >= 4 is 40.9 Å². The standard InChI is InChI=1S/C20H23N5OS/c1-14-12-24(13-15(2)26-14)18-17-11-21-25(19(17)23-20(22-18)27-3)10-9-16-7-5-4-6-8-16/h4-11,14-15H,12-13H2,1-3H3/b10-9-. The SMILES string of the molecule is CSc1nc(N2CC(C)OC(C)C2)c2cnn(/C=C\c3ccccc3)c2n1. The van der Waals surface area contributed by atoms with Gasteiger partial charge in [0.2, 0.25) is 0 Å². The van der Waals surface area contributed by atoms with Crippen molar-refractivity contribution in [3.05, 3.63) is 42.1 Å². The number of fused-ring (bicyclic) bond motifs is 1. The minimum absolute atomic E-state index is 0.171. The van der Waals surface area contributed by atoms with Gasteiger partial charge in [-0.05, 0) is 31.7 Å². The van der Waals surface area contributed by atoms with Crippen molar-refractivity contribution in [2.45, 2.75) is 31.2 Å². The summed E-state index contributed by atoms with van der Waals surface area (Å²) in [7, 11) is 0. The van der Waals surface area contributed by atoms with E-state index in [-0.39, 0.29) is 12.2 Å². The molecule has 1 saturated heterocycles. The van der Waals surface area contributed by atoms with E-state index in [4.69, 9.17) is 14.7 Å². The Balaban J connectivity index is 1.75. The molecule has 0 saturated carbocycles. The predicted molar refractivity (Wildman–Crippen MR) is 111 cm³/mol. The van der Waals surface area contributed by atoms with E-state index in [1.165, 1.54) is 0 Å². The van der Waals surface area contributed by atoms with Crippen LogP contribution >= 0.6 is 11.8 Å². The molecule has 140 valence electrons. The zero-order chi connectivity index (χ0) is 18.8. The third-order valence-corrected chi connectivity index (χ3v) is 5.07. The van der Waals surface area contributed by atoms with Crippen LogP contribution in [0.4, 0.5) is 5.82 Å². The highest BCUT2D eigenvalue weighted by atomic mass is 32.2. The van der Waals surface area contributed by atoms with E-state index < -0.39 is 0 Å². The fraction of sp³-hybridized carbons (Fsp3) is 0.350. The molecule has 0 amide bonds.